The summed E-state index contributed by atoms with van der Waals surface area (Å²) < 4.78 is 37.1. The molecule has 0 aliphatic heterocycles. The fourth-order valence-corrected chi connectivity index (χ4v) is 2.08. The van der Waals surface area contributed by atoms with E-state index in [1.54, 1.807) is 0 Å². The topological polar surface area (TPSA) is 83.9 Å². The molecule has 8 heteroatoms. The molecule has 1 rings (SSSR count). The highest BCUT2D eigenvalue weighted by atomic mass is 32.2. The van der Waals surface area contributed by atoms with E-state index >= 15 is 0 Å². The van der Waals surface area contributed by atoms with Gasteiger partial charge in [0.1, 0.15) is 5.82 Å². The van der Waals surface area contributed by atoms with Gasteiger partial charge >= 0.3 is 5.97 Å². The minimum Gasteiger partial charge on any atom is -0.478 e. The first-order valence-corrected chi connectivity index (χ1v) is 5.80. The number of halogens is 1. The minimum atomic E-state index is -3.98. The standard InChI is InChI=1S/C9H10FNO5S/c1-11(16-2)17(14,15)6-3-4-8(10)7(5-6)9(12)13/h3-5H,1-2H3,(H,12,13). The smallest absolute Gasteiger partial charge is 0.338 e. The molecule has 6 nitrogen and oxygen atoms in total. The zero-order chi connectivity index (χ0) is 13.2. The Labute approximate surface area is 97.2 Å². The summed E-state index contributed by atoms with van der Waals surface area (Å²) in [6.07, 6.45) is 0. The van der Waals surface area contributed by atoms with Gasteiger partial charge in [-0.1, -0.05) is 4.47 Å². The van der Waals surface area contributed by atoms with Crippen molar-refractivity contribution in [2.24, 2.45) is 0 Å². The van der Waals surface area contributed by atoms with E-state index in [1.165, 1.54) is 0 Å². The van der Waals surface area contributed by atoms with Crippen LogP contribution in [0.25, 0.3) is 0 Å². The van der Waals surface area contributed by atoms with Gasteiger partial charge in [0, 0.05) is 7.05 Å². The lowest BCUT2D eigenvalue weighted by Crippen LogP contribution is -2.26. The normalized spacial score (nSPS) is 11.8. The van der Waals surface area contributed by atoms with Gasteiger partial charge in [-0.15, -0.1) is 0 Å². The lowest BCUT2D eigenvalue weighted by atomic mass is 10.2. The molecule has 0 radical (unpaired) electrons. The summed E-state index contributed by atoms with van der Waals surface area (Å²) in [4.78, 5) is 14.8. The SMILES string of the molecule is CON(C)S(=O)(=O)c1ccc(F)c(C(=O)O)c1. The van der Waals surface area contributed by atoms with Gasteiger partial charge in [-0.05, 0) is 18.2 Å². The molecular formula is C9H10FNO5S. The second-order valence-corrected chi connectivity index (χ2v) is 4.98. The number of hydrogen-bond acceptors (Lipinski definition) is 4. The number of hydroxylamine groups is 1. The summed E-state index contributed by atoms with van der Waals surface area (Å²) in [6, 6.07) is 2.48. The summed E-state index contributed by atoms with van der Waals surface area (Å²) in [5, 5.41) is 8.67. The quantitative estimate of drug-likeness (QED) is 0.808. The highest BCUT2D eigenvalue weighted by Crippen LogP contribution is 2.18. The van der Waals surface area contributed by atoms with Gasteiger partial charge in [-0.3, -0.25) is 4.84 Å². The molecule has 0 unspecified atom stereocenters. The van der Waals surface area contributed by atoms with Gasteiger partial charge in [0.05, 0.1) is 17.6 Å². The predicted octanol–water partition coefficient (Wildman–Crippen LogP) is 0.706. The Hall–Kier alpha value is -1.51. The molecule has 0 bridgehead atoms. The van der Waals surface area contributed by atoms with Crippen LogP contribution >= 0.6 is 0 Å². The molecule has 1 aromatic carbocycles. The molecule has 1 N–H and O–H groups in total. The maximum absolute atomic E-state index is 13.1. The lowest BCUT2D eigenvalue weighted by Gasteiger charge is -2.14. The fraction of sp³-hybridized carbons (Fsp3) is 0.222. The number of aromatic carboxylic acids is 1. The molecule has 0 heterocycles. The average Bonchev–Trinajstić information content (AvgIpc) is 2.27. The van der Waals surface area contributed by atoms with Crippen LogP contribution in [-0.2, 0) is 14.9 Å². The van der Waals surface area contributed by atoms with Crippen LogP contribution in [0.4, 0.5) is 4.39 Å². The Morgan fingerprint density at radius 3 is 2.53 bits per heavy atom. The summed E-state index contributed by atoms with van der Waals surface area (Å²) in [6.45, 7) is 0. The van der Waals surface area contributed by atoms with Crippen LogP contribution in [0.15, 0.2) is 23.1 Å². The largest absolute Gasteiger partial charge is 0.478 e. The highest BCUT2D eigenvalue weighted by Gasteiger charge is 2.23. The minimum absolute atomic E-state index is 0.361. The number of carbonyl (C=O) groups is 1. The zero-order valence-electron chi connectivity index (χ0n) is 9.05. The third-order valence-electron chi connectivity index (χ3n) is 2.06. The number of sulfonamides is 1. The molecule has 0 amide bonds. The molecular weight excluding hydrogens is 253 g/mol. The van der Waals surface area contributed by atoms with Gasteiger partial charge in [-0.25, -0.2) is 17.6 Å². The van der Waals surface area contributed by atoms with Crippen molar-refractivity contribution in [3.63, 3.8) is 0 Å². The average molecular weight is 263 g/mol. The number of benzene rings is 1. The van der Waals surface area contributed by atoms with Crippen molar-refractivity contribution in [3.05, 3.63) is 29.6 Å². The molecule has 0 aliphatic carbocycles. The highest BCUT2D eigenvalue weighted by molar-refractivity contribution is 7.89. The van der Waals surface area contributed by atoms with Crippen molar-refractivity contribution < 1.29 is 27.5 Å². The van der Waals surface area contributed by atoms with Gasteiger partial charge in [-0.2, -0.15) is 0 Å². The van der Waals surface area contributed by atoms with Crippen molar-refractivity contribution in [1.82, 2.24) is 4.47 Å². The van der Waals surface area contributed by atoms with E-state index < -0.39 is 27.4 Å². The van der Waals surface area contributed by atoms with E-state index in [9.17, 15) is 17.6 Å². The summed E-state index contributed by atoms with van der Waals surface area (Å²) in [5.41, 5.74) is -0.712. The van der Waals surface area contributed by atoms with Crippen molar-refractivity contribution in [2.45, 2.75) is 4.90 Å². The zero-order valence-corrected chi connectivity index (χ0v) is 9.86. The van der Waals surface area contributed by atoms with Gasteiger partial charge in [0.25, 0.3) is 10.0 Å². The first-order valence-electron chi connectivity index (χ1n) is 4.36. The van der Waals surface area contributed by atoms with Crippen LogP contribution < -0.4 is 0 Å². The van der Waals surface area contributed by atoms with E-state index in [-0.39, 0.29) is 4.90 Å². The maximum Gasteiger partial charge on any atom is 0.338 e. The van der Waals surface area contributed by atoms with Gasteiger partial charge in [0.15, 0.2) is 0 Å². The molecule has 1 aromatic rings. The van der Waals surface area contributed by atoms with Crippen LogP contribution in [-0.4, -0.2) is 38.1 Å². The van der Waals surface area contributed by atoms with E-state index in [2.05, 4.69) is 4.84 Å². The van der Waals surface area contributed by atoms with Crippen LogP contribution in [0.2, 0.25) is 0 Å². The van der Waals surface area contributed by atoms with E-state index in [0.717, 1.165) is 32.4 Å². The van der Waals surface area contributed by atoms with Gasteiger partial charge in [0.2, 0.25) is 0 Å². The van der Waals surface area contributed by atoms with Crippen molar-refractivity contribution >= 4 is 16.0 Å². The third-order valence-corrected chi connectivity index (χ3v) is 3.74. The molecule has 0 aliphatic rings. The molecule has 0 spiro atoms. The van der Waals surface area contributed by atoms with Gasteiger partial charge < -0.3 is 5.11 Å². The molecule has 0 saturated heterocycles. The van der Waals surface area contributed by atoms with Crippen LogP contribution in [0.1, 0.15) is 10.4 Å². The van der Waals surface area contributed by atoms with Crippen LogP contribution in [0.5, 0.6) is 0 Å². The maximum atomic E-state index is 13.1. The Balaban J connectivity index is 3.35. The molecule has 0 atom stereocenters. The van der Waals surface area contributed by atoms with Crippen molar-refractivity contribution in [2.75, 3.05) is 14.2 Å². The number of carboxylic acid groups (broad SMARTS) is 1. The fourth-order valence-electron chi connectivity index (χ4n) is 1.08. The van der Waals surface area contributed by atoms with E-state index in [1.807, 2.05) is 0 Å². The second kappa shape index (κ2) is 4.78. The number of nitrogens with zero attached hydrogens (tertiary/aromatic N) is 1. The summed E-state index contributed by atoms with van der Waals surface area (Å²) in [7, 11) is -1.70. The Morgan fingerprint density at radius 2 is 2.06 bits per heavy atom. The van der Waals surface area contributed by atoms with Crippen LogP contribution in [0.3, 0.4) is 0 Å². The molecule has 0 saturated carbocycles. The van der Waals surface area contributed by atoms with Crippen LogP contribution in [0, 0.1) is 5.82 Å². The van der Waals surface area contributed by atoms with Crippen molar-refractivity contribution in [3.8, 4) is 0 Å². The summed E-state index contributed by atoms with van der Waals surface area (Å²) in [5.74, 6) is -2.55. The summed E-state index contributed by atoms with van der Waals surface area (Å²) >= 11 is 0. The Bertz CT molecular complexity index is 542. The second-order valence-electron chi connectivity index (χ2n) is 3.04. The molecule has 94 valence electrons. The first-order chi connectivity index (χ1) is 7.80. The number of hydrogen-bond donors (Lipinski definition) is 1. The van der Waals surface area contributed by atoms with E-state index in [0.29, 0.717) is 4.47 Å². The third kappa shape index (κ3) is 2.60. The predicted molar refractivity (Wildman–Crippen MR) is 55.3 cm³/mol. The number of carboxylic acids is 1. The monoisotopic (exact) mass is 263 g/mol. The van der Waals surface area contributed by atoms with E-state index in [4.69, 9.17) is 5.11 Å². The Morgan fingerprint density at radius 1 is 1.47 bits per heavy atom. The lowest BCUT2D eigenvalue weighted by molar-refractivity contribution is -0.0258. The molecule has 0 aromatic heterocycles. The number of rotatable bonds is 4. The molecule has 0 fully saturated rings. The first kappa shape index (κ1) is 13.6. The molecule has 17 heavy (non-hydrogen) atoms. The Kier molecular flexibility index (Phi) is 3.81. The van der Waals surface area contributed by atoms with Crippen molar-refractivity contribution in [1.29, 1.82) is 0 Å².